The van der Waals surface area contributed by atoms with Gasteiger partial charge in [0.15, 0.2) is 0 Å². The molecule has 0 rings (SSSR count). The molecule has 3 atom stereocenters. The Morgan fingerprint density at radius 2 is 1.29 bits per heavy atom. The van der Waals surface area contributed by atoms with Gasteiger partial charge in [0.1, 0.15) is 18.3 Å². The highest BCUT2D eigenvalue weighted by Gasteiger charge is 2.33. The van der Waals surface area contributed by atoms with Gasteiger partial charge < -0.3 is 23.3 Å². The van der Waals surface area contributed by atoms with Crippen molar-refractivity contribution in [1.29, 1.82) is 0 Å². The Hall–Kier alpha value is -0.800. The third-order valence-corrected chi connectivity index (χ3v) is 6.89. The Morgan fingerprint density at radius 1 is 0.771 bits per heavy atom. The molecule has 0 aliphatic rings. The van der Waals surface area contributed by atoms with Gasteiger partial charge in [-0.2, -0.15) is 0 Å². The Kier molecular flexibility index (Phi) is 21.9. The molecule has 0 saturated carbocycles. The van der Waals surface area contributed by atoms with Crippen molar-refractivity contribution in [2.24, 2.45) is 0 Å². The molecule has 0 spiro atoms. The van der Waals surface area contributed by atoms with Crippen LogP contribution in [0.5, 0.6) is 0 Å². The number of carbonyl (C=O) groups is 1. The minimum atomic E-state index is -3.40. The first-order valence-electron chi connectivity index (χ1n) is 13.0. The van der Waals surface area contributed by atoms with E-state index in [0.717, 1.165) is 51.4 Å². The quantitative estimate of drug-likeness (QED) is 0.0648. The number of hydroxylamine groups is 2. The predicted octanol–water partition coefficient (Wildman–Crippen LogP) is 5.73. The summed E-state index contributed by atoms with van der Waals surface area (Å²) in [5.41, 5.74) is 0. The molecule has 9 nitrogen and oxygen atoms in total. The zero-order valence-corrected chi connectivity index (χ0v) is 23.7. The highest BCUT2D eigenvalue weighted by atomic mass is 31.2. The van der Waals surface area contributed by atoms with Gasteiger partial charge in [-0.1, -0.05) is 53.4 Å². The van der Waals surface area contributed by atoms with Crippen LogP contribution < -0.4 is 0 Å². The minimum Gasteiger partial charge on any atom is -0.373 e. The second-order valence-electron chi connectivity index (χ2n) is 8.28. The Morgan fingerprint density at radius 3 is 1.80 bits per heavy atom. The largest absolute Gasteiger partial charge is 0.373 e. The molecule has 0 aromatic carbocycles. The van der Waals surface area contributed by atoms with Crippen LogP contribution in [0.15, 0.2) is 11.9 Å². The molecule has 0 aliphatic heterocycles. The van der Waals surface area contributed by atoms with Gasteiger partial charge in [0.05, 0.1) is 13.2 Å². The van der Waals surface area contributed by atoms with Gasteiger partial charge in [0.2, 0.25) is 6.41 Å². The van der Waals surface area contributed by atoms with Crippen LogP contribution in [0.4, 0.5) is 0 Å². The zero-order valence-electron chi connectivity index (χ0n) is 22.8. The van der Waals surface area contributed by atoms with E-state index < -0.39 is 25.9 Å². The van der Waals surface area contributed by atoms with E-state index in [-0.39, 0.29) is 6.54 Å². The zero-order chi connectivity index (χ0) is 26.4. The van der Waals surface area contributed by atoms with Gasteiger partial charge in [-0.25, -0.2) is 5.06 Å². The maximum atomic E-state index is 12.7. The first kappa shape index (κ1) is 34.2. The minimum absolute atomic E-state index is 0.182. The average Bonchev–Trinajstić information content (AvgIpc) is 2.87. The molecule has 0 aliphatic carbocycles. The van der Waals surface area contributed by atoms with Crippen molar-refractivity contribution in [3.63, 3.8) is 0 Å². The normalized spacial score (nSPS) is 14.8. The van der Waals surface area contributed by atoms with Crippen molar-refractivity contribution in [3.05, 3.63) is 11.9 Å². The fourth-order valence-electron chi connectivity index (χ4n) is 3.05. The molecular weight excluding hydrogens is 473 g/mol. The SMILES string of the molecule is CCCCO[C@@H]([C@@H](/C=C/P(=O)(OC)OC)OCCCC)[C@@H](CN(C=O)OCCCC)OCCCC. The first-order valence-corrected chi connectivity index (χ1v) is 14.7. The van der Waals surface area contributed by atoms with Gasteiger partial charge >= 0.3 is 7.60 Å². The number of nitrogens with zero attached hydrogens (tertiary/aromatic N) is 1. The van der Waals surface area contributed by atoms with E-state index in [9.17, 15) is 9.36 Å². The highest BCUT2D eigenvalue weighted by Crippen LogP contribution is 2.48. The van der Waals surface area contributed by atoms with E-state index in [0.29, 0.717) is 32.8 Å². The molecule has 0 bridgehead atoms. The van der Waals surface area contributed by atoms with Crippen LogP contribution in [-0.4, -0.2) is 77.0 Å². The van der Waals surface area contributed by atoms with E-state index in [1.54, 1.807) is 6.08 Å². The van der Waals surface area contributed by atoms with Crippen molar-refractivity contribution in [3.8, 4) is 0 Å². The van der Waals surface area contributed by atoms with Crippen LogP contribution in [-0.2, 0) is 37.5 Å². The van der Waals surface area contributed by atoms with Crippen LogP contribution >= 0.6 is 7.60 Å². The van der Waals surface area contributed by atoms with Gasteiger partial charge in [-0.15, -0.1) is 0 Å². The lowest BCUT2D eigenvalue weighted by Gasteiger charge is -2.34. The number of unbranched alkanes of at least 4 members (excludes halogenated alkanes) is 4. The van der Waals surface area contributed by atoms with E-state index in [2.05, 4.69) is 27.7 Å². The summed E-state index contributed by atoms with van der Waals surface area (Å²) >= 11 is 0. The first-order chi connectivity index (χ1) is 16.9. The lowest BCUT2D eigenvalue weighted by atomic mass is 10.1. The van der Waals surface area contributed by atoms with Crippen molar-refractivity contribution in [2.45, 2.75) is 97.4 Å². The Balaban J connectivity index is 6.02. The highest BCUT2D eigenvalue weighted by molar-refractivity contribution is 7.57. The van der Waals surface area contributed by atoms with Crippen LogP contribution in [0.2, 0.25) is 0 Å². The van der Waals surface area contributed by atoms with Crippen molar-refractivity contribution in [1.82, 2.24) is 5.06 Å². The van der Waals surface area contributed by atoms with Gasteiger partial charge in [-0.3, -0.25) is 14.2 Å². The van der Waals surface area contributed by atoms with E-state index in [4.69, 9.17) is 28.1 Å². The standard InChI is InChI=1S/C25H50NO8P/c1-7-11-16-31-23(15-20-35(28,29-5)30-6)25(33-18-13-9-3)24(32-17-12-8-2)21-26(22-27)34-19-14-10-4/h15,20,22-25H,7-14,16-19,21H2,1-6H3/b20-15+/t23-,24-,25+/m1/s1. The Labute approximate surface area is 213 Å². The molecule has 0 aromatic heterocycles. The third-order valence-electron chi connectivity index (χ3n) is 5.34. The molecule has 0 aromatic rings. The number of amides is 1. The van der Waals surface area contributed by atoms with Crippen LogP contribution in [0.25, 0.3) is 0 Å². The molecular formula is C25H50NO8P. The summed E-state index contributed by atoms with van der Waals surface area (Å²) < 4.78 is 41.5. The van der Waals surface area contributed by atoms with Crippen LogP contribution in [0.3, 0.4) is 0 Å². The van der Waals surface area contributed by atoms with Crippen LogP contribution in [0.1, 0.15) is 79.1 Å². The predicted molar refractivity (Wildman–Crippen MR) is 138 cm³/mol. The number of hydrogen-bond donors (Lipinski definition) is 0. The summed E-state index contributed by atoms with van der Waals surface area (Å²) in [6.07, 6.45) is 7.96. The Bertz CT molecular complexity index is 570. The number of rotatable bonds is 25. The molecule has 0 saturated heterocycles. The lowest BCUT2D eigenvalue weighted by Crippen LogP contribution is -2.48. The van der Waals surface area contributed by atoms with Gasteiger partial charge in [0, 0.05) is 39.9 Å². The summed E-state index contributed by atoms with van der Waals surface area (Å²) in [6.45, 7) is 10.5. The maximum Gasteiger partial charge on any atom is 0.353 e. The molecule has 0 radical (unpaired) electrons. The number of carbonyl (C=O) groups excluding carboxylic acids is 1. The molecule has 1 amide bonds. The molecule has 35 heavy (non-hydrogen) atoms. The second-order valence-corrected chi connectivity index (χ2v) is 10.4. The second kappa shape index (κ2) is 22.4. The van der Waals surface area contributed by atoms with Crippen molar-refractivity contribution >= 4 is 14.0 Å². The van der Waals surface area contributed by atoms with E-state index in [1.807, 2.05) is 0 Å². The van der Waals surface area contributed by atoms with Crippen molar-refractivity contribution < 1.29 is 37.5 Å². The van der Waals surface area contributed by atoms with E-state index in [1.165, 1.54) is 25.1 Å². The fraction of sp³-hybridized carbons (Fsp3) is 0.880. The summed E-state index contributed by atoms with van der Waals surface area (Å²) in [5, 5.41) is 1.27. The smallest absolute Gasteiger partial charge is 0.353 e. The summed E-state index contributed by atoms with van der Waals surface area (Å²) in [4.78, 5) is 17.4. The topological polar surface area (TPSA) is 92.8 Å². The molecule has 208 valence electrons. The number of hydrogen-bond acceptors (Lipinski definition) is 8. The molecule has 10 heteroatoms. The van der Waals surface area contributed by atoms with Gasteiger partial charge in [-0.05, 0) is 31.8 Å². The van der Waals surface area contributed by atoms with Crippen molar-refractivity contribution in [2.75, 3.05) is 47.2 Å². The molecule has 0 fully saturated rings. The number of ether oxygens (including phenoxy) is 3. The van der Waals surface area contributed by atoms with Crippen LogP contribution in [0, 0.1) is 0 Å². The molecule has 0 heterocycles. The summed E-state index contributed by atoms with van der Waals surface area (Å²) in [6, 6.07) is 0. The monoisotopic (exact) mass is 523 g/mol. The van der Waals surface area contributed by atoms with Gasteiger partial charge in [0.25, 0.3) is 0 Å². The average molecular weight is 524 g/mol. The molecule has 0 unspecified atom stereocenters. The van der Waals surface area contributed by atoms with E-state index >= 15 is 0 Å². The maximum absolute atomic E-state index is 12.7. The molecule has 0 N–H and O–H groups in total. The summed E-state index contributed by atoms with van der Waals surface area (Å²) in [5.74, 6) is 1.40. The lowest BCUT2D eigenvalue weighted by molar-refractivity contribution is -0.198. The summed E-state index contributed by atoms with van der Waals surface area (Å²) in [7, 11) is -0.729. The fourth-order valence-corrected chi connectivity index (χ4v) is 3.82. The third kappa shape index (κ3) is 15.8.